The SMILES string of the molecule is CCCCc1nnc(NC(=O)c2ccc(F)c(S(=O)(=O)N3CCCCC3)c2)s1. The normalized spacial score (nSPS) is 15.5. The van der Waals surface area contributed by atoms with Crippen LogP contribution in [0.5, 0.6) is 0 Å². The van der Waals surface area contributed by atoms with E-state index in [2.05, 4.69) is 22.4 Å². The van der Waals surface area contributed by atoms with Gasteiger partial charge < -0.3 is 0 Å². The summed E-state index contributed by atoms with van der Waals surface area (Å²) < 4.78 is 41.1. The number of anilines is 1. The number of nitrogens with one attached hydrogen (secondary N) is 1. The van der Waals surface area contributed by atoms with E-state index in [4.69, 9.17) is 0 Å². The minimum atomic E-state index is -3.97. The van der Waals surface area contributed by atoms with Crippen LogP contribution in [0.1, 0.15) is 54.4 Å². The third-order valence-electron chi connectivity index (χ3n) is 4.56. The highest BCUT2D eigenvalue weighted by atomic mass is 32.2. The van der Waals surface area contributed by atoms with Crippen molar-refractivity contribution in [3.8, 4) is 0 Å². The van der Waals surface area contributed by atoms with Crippen LogP contribution in [0.4, 0.5) is 9.52 Å². The molecule has 7 nitrogen and oxygen atoms in total. The average Bonchev–Trinajstić information content (AvgIpc) is 3.14. The van der Waals surface area contributed by atoms with Crippen LogP contribution >= 0.6 is 11.3 Å². The molecular weight excluding hydrogens is 403 g/mol. The van der Waals surface area contributed by atoms with Gasteiger partial charge in [0, 0.05) is 25.1 Å². The van der Waals surface area contributed by atoms with E-state index in [9.17, 15) is 17.6 Å². The van der Waals surface area contributed by atoms with Gasteiger partial charge in [-0.1, -0.05) is 31.1 Å². The molecule has 1 aliphatic rings. The van der Waals surface area contributed by atoms with E-state index >= 15 is 0 Å². The molecule has 2 heterocycles. The van der Waals surface area contributed by atoms with Crippen molar-refractivity contribution in [1.29, 1.82) is 0 Å². The first kappa shape index (κ1) is 20.8. The molecule has 0 radical (unpaired) electrons. The number of amides is 1. The summed E-state index contributed by atoms with van der Waals surface area (Å²) in [6.07, 6.45) is 5.26. The van der Waals surface area contributed by atoms with E-state index in [0.29, 0.717) is 18.2 Å². The zero-order valence-electron chi connectivity index (χ0n) is 15.6. The molecule has 0 aliphatic carbocycles. The highest BCUT2D eigenvalue weighted by Gasteiger charge is 2.29. The molecule has 1 aromatic heterocycles. The number of hydrogen-bond donors (Lipinski definition) is 1. The van der Waals surface area contributed by atoms with Gasteiger partial charge in [0.15, 0.2) is 0 Å². The molecule has 0 unspecified atom stereocenters. The molecule has 28 heavy (non-hydrogen) atoms. The predicted molar refractivity (Wildman–Crippen MR) is 105 cm³/mol. The molecule has 1 saturated heterocycles. The molecule has 0 atom stereocenters. The van der Waals surface area contributed by atoms with Gasteiger partial charge >= 0.3 is 0 Å². The Hall–Kier alpha value is -1.91. The third-order valence-corrected chi connectivity index (χ3v) is 7.37. The minimum Gasteiger partial charge on any atom is -0.296 e. The van der Waals surface area contributed by atoms with Crippen LogP contribution < -0.4 is 5.32 Å². The summed E-state index contributed by atoms with van der Waals surface area (Å²) in [5.74, 6) is -1.41. The summed E-state index contributed by atoms with van der Waals surface area (Å²) in [6.45, 7) is 2.81. The Morgan fingerprint density at radius 3 is 2.71 bits per heavy atom. The fraction of sp³-hybridized carbons (Fsp3) is 0.500. The Bertz CT molecular complexity index is 940. The molecule has 0 saturated carbocycles. The van der Waals surface area contributed by atoms with Crippen molar-refractivity contribution < 1.29 is 17.6 Å². The summed E-state index contributed by atoms with van der Waals surface area (Å²) in [5.41, 5.74) is 0.0577. The first-order valence-corrected chi connectivity index (χ1v) is 11.6. The van der Waals surface area contributed by atoms with Gasteiger partial charge in [0.1, 0.15) is 15.7 Å². The lowest BCUT2D eigenvalue weighted by Gasteiger charge is -2.26. The lowest BCUT2D eigenvalue weighted by Crippen LogP contribution is -2.36. The van der Waals surface area contributed by atoms with Crippen molar-refractivity contribution in [3.63, 3.8) is 0 Å². The standard InChI is InChI=1S/C18H23FN4O3S2/c1-2-3-7-16-21-22-18(27-16)20-17(24)13-8-9-14(19)15(12-13)28(25,26)23-10-5-4-6-11-23/h8-9,12H,2-7,10-11H2,1H3,(H,20,22,24). The highest BCUT2D eigenvalue weighted by Crippen LogP contribution is 2.25. The summed E-state index contributed by atoms with van der Waals surface area (Å²) in [4.78, 5) is 12.0. The molecule has 1 fully saturated rings. The molecule has 3 rings (SSSR count). The van der Waals surface area contributed by atoms with E-state index in [1.54, 1.807) is 0 Å². The number of nitrogens with zero attached hydrogens (tertiary/aromatic N) is 3. The number of hydrogen-bond acceptors (Lipinski definition) is 6. The number of halogens is 1. The van der Waals surface area contributed by atoms with Gasteiger partial charge in [-0.15, -0.1) is 10.2 Å². The van der Waals surface area contributed by atoms with Gasteiger partial charge in [0.05, 0.1) is 0 Å². The molecule has 0 spiro atoms. The maximum Gasteiger partial charge on any atom is 0.257 e. The monoisotopic (exact) mass is 426 g/mol. The number of carbonyl (C=O) groups is 1. The fourth-order valence-electron chi connectivity index (χ4n) is 2.99. The van der Waals surface area contributed by atoms with Gasteiger partial charge in [-0.2, -0.15) is 4.31 Å². The molecule has 1 N–H and O–H groups in total. The van der Waals surface area contributed by atoms with E-state index < -0.39 is 26.6 Å². The largest absolute Gasteiger partial charge is 0.296 e. The van der Waals surface area contributed by atoms with E-state index in [1.165, 1.54) is 21.7 Å². The van der Waals surface area contributed by atoms with Gasteiger partial charge in [-0.3, -0.25) is 10.1 Å². The Kier molecular flexibility index (Phi) is 6.73. The number of unbranched alkanes of at least 4 members (excludes halogenated alkanes) is 1. The van der Waals surface area contributed by atoms with Crippen molar-refractivity contribution in [2.75, 3.05) is 18.4 Å². The third kappa shape index (κ3) is 4.73. The van der Waals surface area contributed by atoms with E-state index in [1.807, 2.05) is 0 Å². The maximum absolute atomic E-state index is 14.3. The highest BCUT2D eigenvalue weighted by molar-refractivity contribution is 7.89. The van der Waals surface area contributed by atoms with Crippen LogP contribution in [0.25, 0.3) is 0 Å². The fourth-order valence-corrected chi connectivity index (χ4v) is 5.37. The second-order valence-electron chi connectivity index (χ2n) is 6.67. The second-order valence-corrected chi connectivity index (χ2v) is 9.64. The number of aromatic nitrogens is 2. The molecule has 1 amide bonds. The van der Waals surface area contributed by atoms with E-state index in [0.717, 1.165) is 55.7 Å². The van der Waals surface area contributed by atoms with Gasteiger partial charge in [0.2, 0.25) is 15.2 Å². The van der Waals surface area contributed by atoms with Gasteiger partial charge in [-0.25, -0.2) is 12.8 Å². The molecule has 152 valence electrons. The second kappa shape index (κ2) is 9.06. The van der Waals surface area contributed by atoms with Gasteiger partial charge in [-0.05, 0) is 37.5 Å². The molecule has 0 bridgehead atoms. The van der Waals surface area contributed by atoms with Crippen LogP contribution in [-0.4, -0.2) is 41.9 Å². The van der Waals surface area contributed by atoms with Gasteiger partial charge in [0.25, 0.3) is 5.91 Å². The van der Waals surface area contributed by atoms with Crippen molar-refractivity contribution in [2.24, 2.45) is 0 Å². The lowest BCUT2D eigenvalue weighted by molar-refractivity contribution is 0.102. The first-order chi connectivity index (χ1) is 13.4. The number of sulfonamides is 1. The van der Waals surface area contributed by atoms with Crippen LogP contribution in [0, 0.1) is 5.82 Å². The van der Waals surface area contributed by atoms with Crippen molar-refractivity contribution in [3.05, 3.63) is 34.6 Å². The smallest absolute Gasteiger partial charge is 0.257 e. The topological polar surface area (TPSA) is 92.3 Å². The quantitative estimate of drug-likeness (QED) is 0.732. The summed E-state index contributed by atoms with van der Waals surface area (Å²) in [7, 11) is -3.97. The average molecular weight is 427 g/mol. The number of carbonyl (C=O) groups excluding carboxylic acids is 1. The van der Waals surface area contributed by atoms with Crippen molar-refractivity contribution >= 4 is 32.4 Å². The number of rotatable bonds is 7. The molecule has 1 aliphatic heterocycles. The van der Waals surface area contributed by atoms with Crippen molar-refractivity contribution in [2.45, 2.75) is 50.3 Å². The number of piperidine rings is 1. The van der Waals surface area contributed by atoms with Crippen LogP contribution in [0.3, 0.4) is 0 Å². The number of aryl methyl sites for hydroxylation is 1. The lowest BCUT2D eigenvalue weighted by atomic mass is 10.2. The molecule has 10 heteroatoms. The zero-order chi connectivity index (χ0) is 20.1. The Labute approximate surface area is 168 Å². The van der Waals surface area contributed by atoms with Crippen LogP contribution in [0.15, 0.2) is 23.1 Å². The molecule has 1 aromatic carbocycles. The maximum atomic E-state index is 14.3. The Balaban J connectivity index is 1.78. The van der Waals surface area contributed by atoms with Crippen LogP contribution in [-0.2, 0) is 16.4 Å². The molecular formula is C18H23FN4O3S2. The summed E-state index contributed by atoms with van der Waals surface area (Å²) in [6, 6.07) is 3.37. The molecule has 2 aromatic rings. The predicted octanol–water partition coefficient (Wildman–Crippen LogP) is 3.45. The van der Waals surface area contributed by atoms with Crippen molar-refractivity contribution in [1.82, 2.24) is 14.5 Å². The zero-order valence-corrected chi connectivity index (χ0v) is 17.3. The summed E-state index contributed by atoms with van der Waals surface area (Å²) in [5, 5.41) is 11.7. The summed E-state index contributed by atoms with van der Waals surface area (Å²) >= 11 is 1.28. The first-order valence-electron chi connectivity index (χ1n) is 9.35. The van der Waals surface area contributed by atoms with E-state index in [-0.39, 0.29) is 5.56 Å². The Morgan fingerprint density at radius 1 is 1.25 bits per heavy atom. The van der Waals surface area contributed by atoms with Crippen LogP contribution in [0.2, 0.25) is 0 Å². The Morgan fingerprint density at radius 2 is 2.00 bits per heavy atom. The number of benzene rings is 1. The minimum absolute atomic E-state index is 0.0577.